The van der Waals surface area contributed by atoms with Gasteiger partial charge in [0.15, 0.2) is 0 Å². The first-order valence-corrected chi connectivity index (χ1v) is 18.9. The maximum Gasteiger partial charge on any atom is -0.0351 e. The van der Waals surface area contributed by atoms with Crippen molar-refractivity contribution in [2.75, 3.05) is 0 Å². The average Bonchev–Trinajstić information content (AvgIpc) is 2.92. The predicted octanol–water partition coefficient (Wildman–Crippen LogP) is 15.3. The second-order valence-corrected chi connectivity index (χ2v) is 14.2. The van der Waals surface area contributed by atoms with Crippen LogP contribution in [0.2, 0.25) is 0 Å². The Morgan fingerprint density at radius 2 is 0.525 bits per heavy atom. The van der Waals surface area contributed by atoms with Gasteiger partial charge in [-0.2, -0.15) is 0 Å². The van der Waals surface area contributed by atoms with Crippen LogP contribution >= 0.6 is 0 Å². The lowest BCUT2D eigenvalue weighted by Crippen LogP contribution is -2.03. The average molecular weight is 559 g/mol. The topological polar surface area (TPSA) is 0 Å². The van der Waals surface area contributed by atoms with Gasteiger partial charge in [-0.25, -0.2) is 0 Å². The van der Waals surface area contributed by atoms with Crippen LogP contribution in [0.25, 0.3) is 0 Å². The Morgan fingerprint density at radius 3 is 0.800 bits per heavy atom. The van der Waals surface area contributed by atoms with Crippen LogP contribution in [0.3, 0.4) is 0 Å². The van der Waals surface area contributed by atoms with Gasteiger partial charge in [0, 0.05) is 0 Å². The van der Waals surface area contributed by atoms with Crippen LogP contribution in [0.15, 0.2) is 24.3 Å². The van der Waals surface area contributed by atoms with Gasteiger partial charge in [-0.3, -0.25) is 0 Å². The van der Waals surface area contributed by atoms with Gasteiger partial charge < -0.3 is 0 Å². The van der Waals surface area contributed by atoms with Crippen LogP contribution < -0.4 is 0 Å². The monoisotopic (exact) mass is 559 g/mol. The van der Waals surface area contributed by atoms with Gasteiger partial charge in [0.2, 0.25) is 0 Å². The minimum atomic E-state index is 0.526. The van der Waals surface area contributed by atoms with E-state index in [2.05, 4.69) is 52.0 Å². The molecule has 0 rings (SSSR count). The normalized spacial score (nSPS) is 12.4. The number of unbranched alkanes of at least 4 members (excludes halogenated alkanes) is 27. The van der Waals surface area contributed by atoms with E-state index in [4.69, 9.17) is 0 Å². The molecule has 0 saturated carbocycles. The molecule has 0 heterocycles. The number of hydrogen-bond donors (Lipinski definition) is 0. The molecule has 0 aromatic carbocycles. The maximum atomic E-state index is 2.45. The smallest absolute Gasteiger partial charge is 0.0351 e. The number of hydrogen-bond acceptors (Lipinski definition) is 0. The first-order chi connectivity index (χ1) is 19.6. The van der Waals surface area contributed by atoms with Gasteiger partial charge in [-0.05, 0) is 63.2 Å². The maximum absolute atomic E-state index is 2.45. The summed E-state index contributed by atoms with van der Waals surface area (Å²) in [4.78, 5) is 0. The van der Waals surface area contributed by atoms with Gasteiger partial charge in [-0.15, -0.1) is 0 Å². The third kappa shape index (κ3) is 37.5. The summed E-state index contributed by atoms with van der Waals surface area (Å²) in [6, 6.07) is 0. The Kier molecular flexibility index (Phi) is 32.6. The summed E-state index contributed by atoms with van der Waals surface area (Å²) >= 11 is 0. The fraction of sp³-hybridized carbons (Fsp3) is 0.900. The lowest BCUT2D eigenvalue weighted by Gasteiger charge is -2.17. The molecule has 0 nitrogen and oxygen atoms in total. The van der Waals surface area contributed by atoms with Crippen molar-refractivity contribution >= 4 is 0 Å². The molecule has 0 heteroatoms. The SMILES string of the molecule is CCCCCCCCCCCCCCC/C=C/CCCCC/C=C/CCCCCCCCCCCCC(C)(C)C. The number of rotatable bonds is 32. The molecule has 0 aliphatic rings. The van der Waals surface area contributed by atoms with Gasteiger partial charge >= 0.3 is 0 Å². The van der Waals surface area contributed by atoms with E-state index in [1.165, 1.54) is 199 Å². The van der Waals surface area contributed by atoms with E-state index in [9.17, 15) is 0 Å². The second kappa shape index (κ2) is 33.0. The first-order valence-electron chi connectivity index (χ1n) is 18.9. The minimum absolute atomic E-state index is 0.526. The van der Waals surface area contributed by atoms with Crippen molar-refractivity contribution in [2.45, 2.75) is 227 Å². The fourth-order valence-electron chi connectivity index (χ4n) is 5.78. The summed E-state index contributed by atoms with van der Waals surface area (Å²) in [6.07, 6.45) is 53.8. The molecule has 0 unspecified atom stereocenters. The molecule has 0 aromatic rings. The van der Waals surface area contributed by atoms with Crippen LogP contribution in [0.4, 0.5) is 0 Å². The highest BCUT2D eigenvalue weighted by molar-refractivity contribution is 4.83. The van der Waals surface area contributed by atoms with Gasteiger partial charge in [0.1, 0.15) is 0 Å². The van der Waals surface area contributed by atoms with E-state index >= 15 is 0 Å². The molecule has 0 aromatic heterocycles. The van der Waals surface area contributed by atoms with E-state index in [1.54, 1.807) is 0 Å². The summed E-state index contributed by atoms with van der Waals surface area (Å²) in [5.74, 6) is 0. The molecule has 0 fully saturated rings. The Bertz CT molecular complexity index is 505. The van der Waals surface area contributed by atoms with E-state index in [-0.39, 0.29) is 0 Å². The Balaban J connectivity index is 3.17. The van der Waals surface area contributed by atoms with Crippen molar-refractivity contribution in [1.29, 1.82) is 0 Å². The molecule has 0 spiro atoms. The zero-order valence-corrected chi connectivity index (χ0v) is 28.7. The molecule has 0 aliphatic heterocycles. The van der Waals surface area contributed by atoms with Crippen molar-refractivity contribution in [3.63, 3.8) is 0 Å². The quantitative estimate of drug-likeness (QED) is 0.0569. The Morgan fingerprint density at radius 1 is 0.300 bits per heavy atom. The third-order valence-corrected chi connectivity index (χ3v) is 8.60. The zero-order chi connectivity index (χ0) is 29.2. The largest absolute Gasteiger partial charge is 0.0885 e. The van der Waals surface area contributed by atoms with Crippen LogP contribution in [-0.4, -0.2) is 0 Å². The summed E-state index contributed by atoms with van der Waals surface area (Å²) in [5, 5.41) is 0. The van der Waals surface area contributed by atoms with Crippen molar-refractivity contribution in [3.8, 4) is 0 Å². The van der Waals surface area contributed by atoms with Crippen LogP contribution in [-0.2, 0) is 0 Å². The van der Waals surface area contributed by atoms with Crippen molar-refractivity contribution < 1.29 is 0 Å². The Labute approximate surface area is 256 Å². The third-order valence-electron chi connectivity index (χ3n) is 8.60. The molecule has 40 heavy (non-hydrogen) atoms. The number of allylic oxidation sites excluding steroid dienone is 4. The standard InChI is InChI=1S/C40H78/c1-5-6-7-8-9-10-11-12-13-14-15-16-17-18-19-20-21-22-23-24-25-26-27-28-29-30-31-32-33-34-35-36-37-38-39-40(2,3)4/h19-20,26-27H,5-18,21-25,28-39H2,1-4H3/b20-19+,27-26+. The van der Waals surface area contributed by atoms with Crippen LogP contribution in [0, 0.1) is 5.41 Å². The Hall–Kier alpha value is -0.520. The van der Waals surface area contributed by atoms with Crippen molar-refractivity contribution in [3.05, 3.63) is 24.3 Å². The highest BCUT2D eigenvalue weighted by Gasteiger charge is 2.08. The van der Waals surface area contributed by atoms with E-state index in [0.717, 1.165) is 0 Å². The first kappa shape index (κ1) is 39.5. The van der Waals surface area contributed by atoms with E-state index in [1.807, 2.05) is 0 Å². The highest BCUT2D eigenvalue weighted by Crippen LogP contribution is 2.23. The predicted molar refractivity (Wildman–Crippen MR) is 187 cm³/mol. The summed E-state index contributed by atoms with van der Waals surface area (Å²) in [5.41, 5.74) is 0.526. The summed E-state index contributed by atoms with van der Waals surface area (Å²) in [7, 11) is 0. The van der Waals surface area contributed by atoms with E-state index < -0.39 is 0 Å². The van der Waals surface area contributed by atoms with E-state index in [0.29, 0.717) is 5.41 Å². The van der Waals surface area contributed by atoms with Crippen molar-refractivity contribution in [2.24, 2.45) is 5.41 Å². The molecule has 0 radical (unpaired) electrons. The molecule has 0 aliphatic carbocycles. The zero-order valence-electron chi connectivity index (χ0n) is 28.7. The fourth-order valence-corrected chi connectivity index (χ4v) is 5.78. The molecular weight excluding hydrogens is 480 g/mol. The summed E-state index contributed by atoms with van der Waals surface area (Å²) in [6.45, 7) is 9.40. The van der Waals surface area contributed by atoms with Crippen LogP contribution in [0.5, 0.6) is 0 Å². The molecular formula is C40H78. The van der Waals surface area contributed by atoms with Gasteiger partial charge in [0.05, 0.1) is 0 Å². The molecule has 0 saturated heterocycles. The lowest BCUT2D eigenvalue weighted by molar-refractivity contribution is 0.356. The molecule has 0 atom stereocenters. The molecule has 238 valence electrons. The van der Waals surface area contributed by atoms with Crippen molar-refractivity contribution in [1.82, 2.24) is 0 Å². The minimum Gasteiger partial charge on any atom is -0.0885 e. The molecule has 0 bridgehead atoms. The highest BCUT2D eigenvalue weighted by atomic mass is 14.1. The van der Waals surface area contributed by atoms with Gasteiger partial charge in [-0.1, -0.05) is 193 Å². The molecule has 0 amide bonds. The summed E-state index contributed by atoms with van der Waals surface area (Å²) < 4.78 is 0. The van der Waals surface area contributed by atoms with Crippen LogP contribution in [0.1, 0.15) is 227 Å². The second-order valence-electron chi connectivity index (χ2n) is 14.2. The lowest BCUT2D eigenvalue weighted by atomic mass is 9.89. The molecule has 0 N–H and O–H groups in total. The van der Waals surface area contributed by atoms with Gasteiger partial charge in [0.25, 0.3) is 0 Å².